The van der Waals surface area contributed by atoms with Gasteiger partial charge in [0.25, 0.3) is 0 Å². The third-order valence-electron chi connectivity index (χ3n) is 2.72. The van der Waals surface area contributed by atoms with E-state index in [-0.39, 0.29) is 5.56 Å². The molecule has 0 aliphatic rings. The number of aromatic nitrogens is 1. The molecule has 0 aliphatic carbocycles. The van der Waals surface area contributed by atoms with E-state index in [4.69, 9.17) is 0 Å². The largest absolute Gasteiger partial charge is 0.288 e. The Morgan fingerprint density at radius 2 is 1.45 bits per heavy atom. The summed E-state index contributed by atoms with van der Waals surface area (Å²) in [5.41, 5.74) is -1.43. The average molecular weight is 287 g/mol. The van der Waals surface area contributed by atoms with Crippen LogP contribution in [0, 0.1) is 36.0 Å². The Hall–Kier alpha value is -2.31. The second-order valence-electron chi connectivity index (χ2n) is 3.96. The summed E-state index contributed by atoms with van der Waals surface area (Å²) >= 11 is 0. The minimum atomic E-state index is -2.31. The van der Waals surface area contributed by atoms with Crippen LogP contribution in [0.1, 0.15) is 21.5 Å². The van der Waals surface area contributed by atoms with Gasteiger partial charge in [-0.25, -0.2) is 22.0 Å². The molecule has 0 amide bonds. The molecule has 0 N–H and O–H groups in total. The van der Waals surface area contributed by atoms with Gasteiger partial charge in [0.05, 0.1) is 0 Å². The zero-order valence-corrected chi connectivity index (χ0v) is 9.98. The van der Waals surface area contributed by atoms with Crippen molar-refractivity contribution in [2.24, 2.45) is 0 Å². The van der Waals surface area contributed by atoms with Gasteiger partial charge in [0.15, 0.2) is 23.3 Å². The fraction of sp³-hybridized carbons (Fsp3) is 0.0769. The zero-order valence-electron chi connectivity index (χ0n) is 9.98. The summed E-state index contributed by atoms with van der Waals surface area (Å²) in [4.78, 5) is 15.5. The van der Waals surface area contributed by atoms with Gasteiger partial charge in [-0.3, -0.25) is 9.78 Å². The third kappa shape index (κ3) is 2.04. The van der Waals surface area contributed by atoms with Crippen LogP contribution in [0.5, 0.6) is 0 Å². The summed E-state index contributed by atoms with van der Waals surface area (Å²) in [6, 6.07) is 1.37. The Balaban J connectivity index is 2.71. The van der Waals surface area contributed by atoms with Gasteiger partial charge in [0, 0.05) is 18.0 Å². The van der Waals surface area contributed by atoms with E-state index in [1.54, 1.807) is 0 Å². The molecule has 1 heterocycles. The first kappa shape index (κ1) is 14.1. The highest BCUT2D eigenvalue weighted by atomic mass is 19.2. The van der Waals surface area contributed by atoms with Gasteiger partial charge in [0.2, 0.25) is 11.6 Å². The normalized spacial score (nSPS) is 10.7. The molecule has 0 bridgehead atoms. The van der Waals surface area contributed by atoms with E-state index in [0.29, 0.717) is 5.56 Å². The van der Waals surface area contributed by atoms with Crippen LogP contribution >= 0.6 is 0 Å². The van der Waals surface area contributed by atoms with E-state index >= 15 is 0 Å². The van der Waals surface area contributed by atoms with Crippen molar-refractivity contribution in [1.82, 2.24) is 4.98 Å². The number of pyridine rings is 1. The molecular formula is C13H6F5NO. The molecule has 0 radical (unpaired) electrons. The van der Waals surface area contributed by atoms with Crippen molar-refractivity contribution in [3.63, 3.8) is 0 Å². The Morgan fingerprint density at radius 1 is 0.950 bits per heavy atom. The van der Waals surface area contributed by atoms with Crippen molar-refractivity contribution in [1.29, 1.82) is 0 Å². The van der Waals surface area contributed by atoms with E-state index in [1.165, 1.54) is 19.2 Å². The van der Waals surface area contributed by atoms with Gasteiger partial charge >= 0.3 is 0 Å². The minimum Gasteiger partial charge on any atom is -0.288 e. The number of ketones is 1. The fourth-order valence-corrected chi connectivity index (χ4v) is 1.64. The van der Waals surface area contributed by atoms with E-state index in [2.05, 4.69) is 4.98 Å². The molecule has 0 spiro atoms. The van der Waals surface area contributed by atoms with Gasteiger partial charge in [-0.2, -0.15) is 0 Å². The Labute approximate surface area is 109 Å². The van der Waals surface area contributed by atoms with E-state index in [1.807, 2.05) is 0 Å². The van der Waals surface area contributed by atoms with Crippen LogP contribution in [0.15, 0.2) is 18.5 Å². The lowest BCUT2D eigenvalue weighted by Crippen LogP contribution is -2.14. The molecule has 0 saturated carbocycles. The van der Waals surface area contributed by atoms with Crippen molar-refractivity contribution in [3.8, 4) is 0 Å². The number of nitrogens with zero attached hydrogens (tertiary/aromatic N) is 1. The van der Waals surface area contributed by atoms with Crippen LogP contribution in [0.3, 0.4) is 0 Å². The van der Waals surface area contributed by atoms with Crippen LogP contribution in [-0.2, 0) is 0 Å². The van der Waals surface area contributed by atoms with Gasteiger partial charge in [-0.05, 0) is 18.6 Å². The predicted molar refractivity (Wildman–Crippen MR) is 58.6 cm³/mol. The molecule has 7 heteroatoms. The zero-order chi connectivity index (χ0) is 15.0. The molecule has 20 heavy (non-hydrogen) atoms. The summed E-state index contributed by atoms with van der Waals surface area (Å²) in [5, 5.41) is 0. The van der Waals surface area contributed by atoms with Crippen LogP contribution in [0.2, 0.25) is 0 Å². The monoisotopic (exact) mass is 287 g/mol. The van der Waals surface area contributed by atoms with Gasteiger partial charge in [-0.15, -0.1) is 0 Å². The maximum atomic E-state index is 13.5. The number of rotatable bonds is 2. The highest BCUT2D eigenvalue weighted by Crippen LogP contribution is 2.25. The average Bonchev–Trinajstić information content (AvgIpc) is 2.43. The van der Waals surface area contributed by atoms with E-state index in [9.17, 15) is 26.7 Å². The molecule has 0 fully saturated rings. The lowest BCUT2D eigenvalue weighted by Gasteiger charge is -2.08. The molecule has 0 aliphatic heterocycles. The molecule has 0 atom stereocenters. The van der Waals surface area contributed by atoms with Crippen molar-refractivity contribution in [2.45, 2.75) is 6.92 Å². The highest BCUT2D eigenvalue weighted by molar-refractivity contribution is 6.10. The summed E-state index contributed by atoms with van der Waals surface area (Å²) in [5.74, 6) is -12.3. The number of carbonyl (C=O) groups is 1. The van der Waals surface area contributed by atoms with Crippen LogP contribution in [0.25, 0.3) is 0 Å². The molecule has 0 saturated heterocycles. The topological polar surface area (TPSA) is 30.0 Å². The first-order valence-corrected chi connectivity index (χ1v) is 5.33. The standard InChI is InChI=1S/C13H6F5NO/c1-5-2-3-19-4-6(5)13(20)7-8(14)10(16)12(18)11(17)9(7)15/h2-4H,1H3. The summed E-state index contributed by atoms with van der Waals surface area (Å²) in [7, 11) is 0. The van der Waals surface area contributed by atoms with Crippen molar-refractivity contribution in [3.05, 3.63) is 64.2 Å². The summed E-state index contributed by atoms with van der Waals surface area (Å²) in [6.45, 7) is 1.45. The van der Waals surface area contributed by atoms with Gasteiger partial charge < -0.3 is 0 Å². The predicted octanol–water partition coefficient (Wildman–Crippen LogP) is 3.32. The first-order chi connectivity index (χ1) is 9.36. The number of aryl methyl sites for hydroxylation is 1. The molecule has 2 aromatic rings. The smallest absolute Gasteiger partial charge is 0.200 e. The number of hydrogen-bond acceptors (Lipinski definition) is 2. The van der Waals surface area contributed by atoms with Crippen molar-refractivity contribution < 1.29 is 26.7 Å². The molecule has 1 aromatic heterocycles. The second kappa shape index (κ2) is 4.99. The van der Waals surface area contributed by atoms with E-state index in [0.717, 1.165) is 6.20 Å². The fourth-order valence-electron chi connectivity index (χ4n) is 1.64. The number of carbonyl (C=O) groups excluding carboxylic acids is 1. The number of halogens is 5. The van der Waals surface area contributed by atoms with Crippen LogP contribution < -0.4 is 0 Å². The number of hydrogen-bond donors (Lipinski definition) is 0. The lowest BCUT2D eigenvalue weighted by molar-refractivity contribution is 0.102. The second-order valence-corrected chi connectivity index (χ2v) is 3.96. The molecule has 1 aromatic carbocycles. The molecule has 104 valence electrons. The van der Waals surface area contributed by atoms with Crippen LogP contribution in [0.4, 0.5) is 22.0 Å². The highest BCUT2D eigenvalue weighted by Gasteiger charge is 2.30. The molecular weight excluding hydrogens is 281 g/mol. The molecule has 2 rings (SSSR count). The maximum Gasteiger partial charge on any atom is 0.200 e. The SMILES string of the molecule is Cc1ccncc1C(=O)c1c(F)c(F)c(F)c(F)c1F. The first-order valence-electron chi connectivity index (χ1n) is 5.33. The Bertz CT molecular complexity index is 685. The van der Waals surface area contributed by atoms with Crippen molar-refractivity contribution in [2.75, 3.05) is 0 Å². The minimum absolute atomic E-state index is 0.240. The van der Waals surface area contributed by atoms with E-state index < -0.39 is 40.4 Å². The Kier molecular flexibility index (Phi) is 3.52. The molecule has 0 unspecified atom stereocenters. The number of benzene rings is 1. The van der Waals surface area contributed by atoms with Crippen molar-refractivity contribution >= 4 is 5.78 Å². The maximum absolute atomic E-state index is 13.5. The summed E-state index contributed by atoms with van der Waals surface area (Å²) < 4.78 is 66.0. The van der Waals surface area contributed by atoms with Gasteiger partial charge in [-0.1, -0.05) is 0 Å². The lowest BCUT2D eigenvalue weighted by atomic mass is 9.99. The quantitative estimate of drug-likeness (QED) is 0.367. The Morgan fingerprint density at radius 3 is 1.95 bits per heavy atom. The van der Waals surface area contributed by atoms with Gasteiger partial charge in [0.1, 0.15) is 5.56 Å². The summed E-state index contributed by atoms with van der Waals surface area (Å²) in [6.07, 6.45) is 2.32. The third-order valence-corrected chi connectivity index (χ3v) is 2.72. The van der Waals surface area contributed by atoms with Crippen LogP contribution in [-0.4, -0.2) is 10.8 Å². The molecule has 2 nitrogen and oxygen atoms in total.